The number of carbonyl (C=O) groups excluding carboxylic acids is 2. The first kappa shape index (κ1) is 23.2. The van der Waals surface area contributed by atoms with Crippen molar-refractivity contribution in [2.75, 3.05) is 18.4 Å². The molecule has 2 aromatic carbocycles. The number of benzene rings is 2. The first-order chi connectivity index (χ1) is 15.6. The van der Waals surface area contributed by atoms with Gasteiger partial charge < -0.3 is 5.32 Å². The van der Waals surface area contributed by atoms with Gasteiger partial charge in [-0.25, -0.2) is 8.42 Å². The maximum absolute atomic E-state index is 13.3. The van der Waals surface area contributed by atoms with E-state index in [1.165, 1.54) is 15.3 Å². The van der Waals surface area contributed by atoms with Crippen molar-refractivity contribution in [3.05, 3.63) is 64.9 Å². The number of rotatable bonds is 6. The third-order valence-electron chi connectivity index (χ3n) is 6.23. The molecule has 0 aliphatic carbocycles. The van der Waals surface area contributed by atoms with E-state index < -0.39 is 15.9 Å². The highest BCUT2D eigenvalue weighted by Gasteiger charge is 2.40. The van der Waals surface area contributed by atoms with Gasteiger partial charge >= 0.3 is 0 Å². The monoisotopic (exact) mass is 467 g/mol. The van der Waals surface area contributed by atoms with Gasteiger partial charge in [-0.2, -0.15) is 4.31 Å². The lowest BCUT2D eigenvalue weighted by molar-refractivity contribution is -0.138. The molecule has 1 saturated heterocycles. The van der Waals surface area contributed by atoms with Crippen LogP contribution in [-0.2, 0) is 19.6 Å². The highest BCUT2D eigenvalue weighted by molar-refractivity contribution is 7.89. The van der Waals surface area contributed by atoms with E-state index in [1.54, 1.807) is 32.0 Å². The fraction of sp³-hybridized carbons (Fsp3) is 0.360. The Morgan fingerprint density at radius 1 is 0.909 bits per heavy atom. The van der Waals surface area contributed by atoms with Gasteiger partial charge in [0.15, 0.2) is 0 Å². The first-order valence-electron chi connectivity index (χ1n) is 11.2. The van der Waals surface area contributed by atoms with Gasteiger partial charge in [0, 0.05) is 24.8 Å². The number of aryl methyl sites for hydroxylation is 2. The quantitative estimate of drug-likeness (QED) is 0.655. The molecule has 0 spiro atoms. The zero-order valence-corrected chi connectivity index (χ0v) is 20.2. The largest absolute Gasteiger partial charge is 0.350 e. The molecule has 0 radical (unpaired) electrons. The summed E-state index contributed by atoms with van der Waals surface area (Å²) in [6, 6.07) is 11.8. The molecule has 7 nitrogen and oxygen atoms in total. The zero-order chi connectivity index (χ0) is 23.9. The van der Waals surface area contributed by atoms with E-state index in [4.69, 9.17) is 0 Å². The van der Waals surface area contributed by atoms with Gasteiger partial charge in [-0.05, 0) is 75.4 Å². The number of sulfonamides is 1. The number of nitrogens with zero attached hydrogens (tertiary/aromatic N) is 2. The van der Waals surface area contributed by atoms with Crippen LogP contribution in [0.15, 0.2) is 53.1 Å². The molecule has 2 aliphatic heterocycles. The summed E-state index contributed by atoms with van der Waals surface area (Å²) in [5, 5.41) is 3.08. The predicted octanol–water partition coefficient (Wildman–Crippen LogP) is 3.69. The Morgan fingerprint density at radius 2 is 1.61 bits per heavy atom. The van der Waals surface area contributed by atoms with Gasteiger partial charge in [0.05, 0.1) is 10.5 Å². The van der Waals surface area contributed by atoms with Gasteiger partial charge in [-0.3, -0.25) is 14.5 Å². The lowest BCUT2D eigenvalue weighted by Crippen LogP contribution is -2.38. The van der Waals surface area contributed by atoms with Gasteiger partial charge in [-0.15, -0.1) is 0 Å². The zero-order valence-electron chi connectivity index (χ0n) is 19.4. The number of nitrogens with one attached hydrogen (secondary N) is 1. The summed E-state index contributed by atoms with van der Waals surface area (Å²) >= 11 is 0. The van der Waals surface area contributed by atoms with Gasteiger partial charge in [0.1, 0.15) is 5.70 Å². The summed E-state index contributed by atoms with van der Waals surface area (Å²) < 4.78 is 27.5. The van der Waals surface area contributed by atoms with E-state index in [0.717, 1.165) is 24.0 Å². The molecule has 0 bridgehead atoms. The van der Waals surface area contributed by atoms with E-state index in [0.29, 0.717) is 29.9 Å². The van der Waals surface area contributed by atoms with Crippen LogP contribution in [-0.4, -0.2) is 48.6 Å². The molecule has 2 amide bonds. The van der Waals surface area contributed by atoms with Gasteiger partial charge in [0.2, 0.25) is 10.0 Å². The summed E-state index contributed by atoms with van der Waals surface area (Å²) in [5.41, 5.74) is 3.66. The number of hydrogen-bond acceptors (Lipinski definition) is 5. The molecular formula is C25H29N3O4S. The third kappa shape index (κ3) is 4.20. The van der Waals surface area contributed by atoms with Crippen molar-refractivity contribution >= 4 is 33.1 Å². The maximum atomic E-state index is 13.3. The van der Waals surface area contributed by atoms with Crippen LogP contribution < -0.4 is 5.32 Å². The third-order valence-corrected chi connectivity index (χ3v) is 8.13. The Hall–Kier alpha value is -2.97. The molecule has 2 aliphatic rings. The van der Waals surface area contributed by atoms with Crippen LogP contribution in [0.1, 0.15) is 43.4 Å². The lowest BCUT2D eigenvalue weighted by Gasteiger charge is -2.19. The van der Waals surface area contributed by atoms with Crippen LogP contribution in [0, 0.1) is 13.8 Å². The highest BCUT2D eigenvalue weighted by Crippen LogP contribution is 2.33. The smallest absolute Gasteiger partial charge is 0.278 e. The first-order valence-corrected chi connectivity index (χ1v) is 12.6. The molecule has 2 heterocycles. The summed E-state index contributed by atoms with van der Waals surface area (Å²) in [7, 11) is -3.60. The molecule has 0 unspecified atom stereocenters. The molecule has 33 heavy (non-hydrogen) atoms. The van der Waals surface area contributed by atoms with Crippen LogP contribution in [0.4, 0.5) is 5.69 Å². The maximum Gasteiger partial charge on any atom is 0.278 e. The van der Waals surface area contributed by atoms with E-state index >= 15 is 0 Å². The summed E-state index contributed by atoms with van der Waals surface area (Å²) in [4.78, 5) is 27.9. The molecule has 174 valence electrons. The molecule has 4 rings (SSSR count). The number of anilines is 1. The Morgan fingerprint density at radius 3 is 2.24 bits per heavy atom. The molecule has 2 aromatic rings. The van der Waals surface area contributed by atoms with E-state index in [1.807, 2.05) is 32.0 Å². The molecule has 0 aromatic heterocycles. The van der Waals surface area contributed by atoms with E-state index in [-0.39, 0.29) is 22.5 Å². The standard InChI is InChI=1S/C25H29N3O4S/c1-16(2)28-24(29)22(19-11-10-17(3)18(4)14-19)23(25(28)30)26-20-8-7-9-21(15-20)33(31,32)27-12-5-6-13-27/h7-11,14-16,26H,5-6,12-13H2,1-4H3. The minimum absolute atomic E-state index is 0.160. The Balaban J connectivity index is 1.76. The van der Waals surface area contributed by atoms with Crippen molar-refractivity contribution in [3.8, 4) is 0 Å². The van der Waals surface area contributed by atoms with Gasteiger partial charge in [-0.1, -0.05) is 24.3 Å². The van der Waals surface area contributed by atoms with Crippen LogP contribution in [0.5, 0.6) is 0 Å². The SMILES string of the molecule is Cc1ccc(C2=C(Nc3cccc(S(=O)(=O)N4CCCC4)c3)C(=O)N(C(C)C)C2=O)cc1C. The molecular weight excluding hydrogens is 438 g/mol. The summed E-state index contributed by atoms with van der Waals surface area (Å²) in [6.45, 7) is 8.55. The van der Waals surface area contributed by atoms with Crippen LogP contribution in [0.25, 0.3) is 5.57 Å². The van der Waals surface area contributed by atoms with Crippen LogP contribution >= 0.6 is 0 Å². The second-order valence-corrected chi connectivity index (χ2v) is 10.8. The number of imide groups is 1. The van der Waals surface area contributed by atoms with Crippen molar-refractivity contribution in [1.29, 1.82) is 0 Å². The fourth-order valence-electron chi connectivity index (χ4n) is 4.25. The molecule has 0 atom stereocenters. The van der Waals surface area contributed by atoms with E-state index in [2.05, 4.69) is 5.32 Å². The average Bonchev–Trinajstić information content (AvgIpc) is 3.38. The van der Waals surface area contributed by atoms with Gasteiger partial charge in [0.25, 0.3) is 11.8 Å². The number of hydrogen-bond donors (Lipinski definition) is 1. The summed E-state index contributed by atoms with van der Waals surface area (Å²) in [6.07, 6.45) is 1.70. The van der Waals surface area contributed by atoms with Crippen molar-refractivity contribution in [2.45, 2.75) is 51.5 Å². The van der Waals surface area contributed by atoms with Crippen molar-refractivity contribution in [3.63, 3.8) is 0 Å². The van der Waals surface area contributed by atoms with Crippen molar-refractivity contribution in [2.24, 2.45) is 0 Å². The topological polar surface area (TPSA) is 86.8 Å². The summed E-state index contributed by atoms with van der Waals surface area (Å²) in [5.74, 6) is -0.780. The molecule has 1 N–H and O–H groups in total. The van der Waals surface area contributed by atoms with Crippen LogP contribution in [0.2, 0.25) is 0 Å². The van der Waals surface area contributed by atoms with Crippen molar-refractivity contribution in [1.82, 2.24) is 9.21 Å². The predicted molar refractivity (Wildman–Crippen MR) is 128 cm³/mol. The molecule has 0 saturated carbocycles. The minimum atomic E-state index is -3.60. The second kappa shape index (κ2) is 8.76. The minimum Gasteiger partial charge on any atom is -0.350 e. The Kier molecular flexibility index (Phi) is 6.16. The second-order valence-electron chi connectivity index (χ2n) is 8.89. The van der Waals surface area contributed by atoms with Crippen molar-refractivity contribution < 1.29 is 18.0 Å². The normalized spacial score (nSPS) is 17.5. The highest BCUT2D eigenvalue weighted by atomic mass is 32.2. The molecule has 1 fully saturated rings. The number of amides is 2. The Bertz CT molecular complexity index is 1260. The van der Waals surface area contributed by atoms with E-state index in [9.17, 15) is 18.0 Å². The van der Waals surface area contributed by atoms with Crippen LogP contribution in [0.3, 0.4) is 0 Å². The Labute approximate surface area is 195 Å². The lowest BCUT2D eigenvalue weighted by atomic mass is 9.99. The number of carbonyl (C=O) groups is 2. The molecule has 8 heteroatoms. The fourth-order valence-corrected chi connectivity index (χ4v) is 5.82. The average molecular weight is 468 g/mol.